The molecule has 0 saturated heterocycles. The van der Waals surface area contributed by atoms with Crippen molar-refractivity contribution in [2.75, 3.05) is 6.61 Å². The maximum Gasteiger partial charge on any atom is 0.311 e. The van der Waals surface area contributed by atoms with Crippen molar-refractivity contribution >= 4 is 11.9 Å². The third kappa shape index (κ3) is 13.1. The highest BCUT2D eigenvalue weighted by Gasteiger charge is 2.09. The highest BCUT2D eigenvalue weighted by atomic mass is 16.5. The largest absolute Gasteiger partial charge is 0.466 e. The molecule has 1 rings (SSSR count). The predicted molar refractivity (Wildman–Crippen MR) is 118 cm³/mol. The first-order valence-corrected chi connectivity index (χ1v) is 11.5. The first kappa shape index (κ1) is 25.2. The Bertz CT molecular complexity index is 594. The fourth-order valence-corrected chi connectivity index (χ4v) is 3.18. The Hall–Kier alpha value is -1.84. The van der Waals surface area contributed by atoms with Crippen molar-refractivity contribution in [2.24, 2.45) is 0 Å². The molecule has 0 saturated carbocycles. The van der Waals surface area contributed by atoms with Crippen LogP contribution in [-0.4, -0.2) is 18.5 Å². The lowest BCUT2D eigenvalue weighted by Crippen LogP contribution is -2.10. The number of esters is 2. The van der Waals surface area contributed by atoms with E-state index >= 15 is 0 Å². The van der Waals surface area contributed by atoms with Crippen LogP contribution in [0.15, 0.2) is 18.2 Å². The Kier molecular flexibility index (Phi) is 13.9. The van der Waals surface area contributed by atoms with Crippen molar-refractivity contribution in [1.82, 2.24) is 0 Å². The fourth-order valence-electron chi connectivity index (χ4n) is 3.18. The molecule has 0 aliphatic heterocycles. The standard InChI is InChI=1S/C25H40O4/c1-4-5-6-7-8-9-10-11-12-13-19-28-24(26)15-14-16-25(27)29-23-18-17-21(2)22(3)20-23/h17-18,20H,4-16,19H2,1-3H3. The Morgan fingerprint density at radius 3 is 1.93 bits per heavy atom. The second-order valence-electron chi connectivity index (χ2n) is 7.98. The zero-order valence-corrected chi connectivity index (χ0v) is 18.8. The molecule has 1 aromatic rings. The molecule has 29 heavy (non-hydrogen) atoms. The van der Waals surface area contributed by atoms with Gasteiger partial charge in [0.2, 0.25) is 0 Å². The van der Waals surface area contributed by atoms with Crippen LogP contribution in [0.4, 0.5) is 0 Å². The molecule has 0 aromatic heterocycles. The molecule has 1 aromatic carbocycles. The van der Waals surface area contributed by atoms with E-state index in [9.17, 15) is 9.59 Å². The number of hydrogen-bond acceptors (Lipinski definition) is 4. The average Bonchev–Trinajstić information content (AvgIpc) is 2.69. The first-order chi connectivity index (χ1) is 14.0. The minimum Gasteiger partial charge on any atom is -0.466 e. The Morgan fingerprint density at radius 2 is 1.31 bits per heavy atom. The predicted octanol–water partition coefficient (Wildman–Crippen LogP) is 6.84. The van der Waals surface area contributed by atoms with E-state index in [0.717, 1.165) is 24.0 Å². The quantitative estimate of drug-likeness (QED) is 0.172. The van der Waals surface area contributed by atoms with Gasteiger partial charge in [-0.1, -0.05) is 70.8 Å². The van der Waals surface area contributed by atoms with Gasteiger partial charge in [-0.05, 0) is 49.9 Å². The molecule has 0 heterocycles. The Balaban J connectivity index is 1.96. The van der Waals surface area contributed by atoms with Crippen molar-refractivity contribution in [2.45, 2.75) is 104 Å². The van der Waals surface area contributed by atoms with Gasteiger partial charge < -0.3 is 9.47 Å². The second-order valence-corrected chi connectivity index (χ2v) is 7.98. The van der Waals surface area contributed by atoms with Gasteiger partial charge in [-0.2, -0.15) is 0 Å². The number of unbranched alkanes of at least 4 members (excludes halogenated alkanes) is 9. The molecule has 0 radical (unpaired) electrons. The number of aryl methyl sites for hydroxylation is 2. The van der Waals surface area contributed by atoms with Crippen LogP contribution in [-0.2, 0) is 14.3 Å². The Labute approximate surface area is 177 Å². The molecule has 4 heteroatoms. The smallest absolute Gasteiger partial charge is 0.311 e. The molecular formula is C25H40O4. The van der Waals surface area contributed by atoms with Gasteiger partial charge in [0.15, 0.2) is 0 Å². The van der Waals surface area contributed by atoms with Gasteiger partial charge in [0.25, 0.3) is 0 Å². The molecule has 0 unspecified atom stereocenters. The highest BCUT2D eigenvalue weighted by molar-refractivity contribution is 5.74. The monoisotopic (exact) mass is 404 g/mol. The number of rotatable bonds is 16. The van der Waals surface area contributed by atoms with Crippen LogP contribution in [0.1, 0.15) is 102 Å². The van der Waals surface area contributed by atoms with Crippen LogP contribution in [0.3, 0.4) is 0 Å². The lowest BCUT2D eigenvalue weighted by atomic mass is 10.1. The summed E-state index contributed by atoms with van der Waals surface area (Å²) in [4.78, 5) is 23.6. The first-order valence-electron chi connectivity index (χ1n) is 11.5. The lowest BCUT2D eigenvalue weighted by molar-refractivity contribution is -0.144. The van der Waals surface area contributed by atoms with Crippen LogP contribution in [0.2, 0.25) is 0 Å². The van der Waals surface area contributed by atoms with E-state index in [-0.39, 0.29) is 24.8 Å². The van der Waals surface area contributed by atoms with Crippen molar-refractivity contribution in [3.8, 4) is 5.75 Å². The molecule has 0 N–H and O–H groups in total. The summed E-state index contributed by atoms with van der Waals surface area (Å²) in [6.45, 7) is 6.73. The number of carbonyl (C=O) groups is 2. The van der Waals surface area contributed by atoms with Gasteiger partial charge >= 0.3 is 11.9 Å². The Morgan fingerprint density at radius 1 is 0.724 bits per heavy atom. The van der Waals surface area contributed by atoms with Crippen LogP contribution in [0.25, 0.3) is 0 Å². The number of hydrogen-bond donors (Lipinski definition) is 0. The van der Waals surface area contributed by atoms with Gasteiger partial charge in [0.1, 0.15) is 5.75 Å². The zero-order chi connectivity index (χ0) is 21.3. The maximum absolute atomic E-state index is 11.9. The summed E-state index contributed by atoms with van der Waals surface area (Å²) in [5.41, 5.74) is 2.25. The molecular weight excluding hydrogens is 364 g/mol. The summed E-state index contributed by atoms with van der Waals surface area (Å²) >= 11 is 0. The van der Waals surface area contributed by atoms with Crippen LogP contribution >= 0.6 is 0 Å². The molecule has 4 nitrogen and oxygen atoms in total. The zero-order valence-electron chi connectivity index (χ0n) is 18.8. The van der Waals surface area contributed by atoms with Gasteiger partial charge in [-0.3, -0.25) is 9.59 Å². The van der Waals surface area contributed by atoms with E-state index in [1.165, 1.54) is 51.4 Å². The van der Waals surface area contributed by atoms with Crippen molar-refractivity contribution in [1.29, 1.82) is 0 Å². The normalized spacial score (nSPS) is 10.7. The van der Waals surface area contributed by atoms with Crippen LogP contribution in [0, 0.1) is 13.8 Å². The minimum atomic E-state index is -0.309. The summed E-state index contributed by atoms with van der Waals surface area (Å²) in [7, 11) is 0. The van der Waals surface area contributed by atoms with E-state index in [0.29, 0.717) is 18.8 Å². The van der Waals surface area contributed by atoms with Gasteiger partial charge in [-0.15, -0.1) is 0 Å². The minimum absolute atomic E-state index is 0.222. The molecule has 0 aliphatic carbocycles. The van der Waals surface area contributed by atoms with Gasteiger partial charge in [0, 0.05) is 12.8 Å². The molecule has 0 atom stereocenters. The third-order valence-electron chi connectivity index (χ3n) is 5.23. The van der Waals surface area contributed by atoms with E-state index in [1.54, 1.807) is 6.07 Å². The highest BCUT2D eigenvalue weighted by Crippen LogP contribution is 2.17. The van der Waals surface area contributed by atoms with E-state index in [1.807, 2.05) is 26.0 Å². The summed E-state index contributed by atoms with van der Waals surface area (Å²) in [6, 6.07) is 5.58. The molecule has 164 valence electrons. The van der Waals surface area contributed by atoms with E-state index < -0.39 is 0 Å². The van der Waals surface area contributed by atoms with Gasteiger partial charge in [-0.25, -0.2) is 0 Å². The maximum atomic E-state index is 11.9. The molecule has 0 bridgehead atoms. The summed E-state index contributed by atoms with van der Waals surface area (Å²) in [5, 5.41) is 0. The van der Waals surface area contributed by atoms with Crippen LogP contribution < -0.4 is 4.74 Å². The third-order valence-corrected chi connectivity index (χ3v) is 5.23. The SMILES string of the molecule is CCCCCCCCCCCCOC(=O)CCCC(=O)Oc1ccc(C)c(C)c1. The van der Waals surface area contributed by atoms with Crippen molar-refractivity contribution < 1.29 is 19.1 Å². The topological polar surface area (TPSA) is 52.6 Å². The lowest BCUT2D eigenvalue weighted by Gasteiger charge is -2.07. The second kappa shape index (κ2) is 16.0. The van der Waals surface area contributed by atoms with E-state index in [4.69, 9.17) is 9.47 Å². The van der Waals surface area contributed by atoms with Gasteiger partial charge in [0.05, 0.1) is 6.61 Å². The number of ether oxygens (including phenoxy) is 2. The molecule has 0 fully saturated rings. The summed E-state index contributed by atoms with van der Waals surface area (Å²) in [5.74, 6) is 0.0253. The van der Waals surface area contributed by atoms with Crippen molar-refractivity contribution in [3.05, 3.63) is 29.3 Å². The number of carbonyl (C=O) groups excluding carboxylic acids is 2. The molecule has 0 spiro atoms. The number of benzene rings is 1. The van der Waals surface area contributed by atoms with E-state index in [2.05, 4.69) is 6.92 Å². The summed E-state index contributed by atoms with van der Waals surface area (Å²) in [6.07, 6.45) is 13.6. The molecule has 0 amide bonds. The van der Waals surface area contributed by atoms with Crippen molar-refractivity contribution in [3.63, 3.8) is 0 Å². The summed E-state index contributed by atoms with van der Waals surface area (Å²) < 4.78 is 10.6. The molecule has 0 aliphatic rings. The fraction of sp³-hybridized carbons (Fsp3) is 0.680. The average molecular weight is 405 g/mol. The van der Waals surface area contributed by atoms with Crippen LogP contribution in [0.5, 0.6) is 5.75 Å².